The van der Waals surface area contributed by atoms with E-state index >= 15 is 0 Å². The lowest BCUT2D eigenvalue weighted by Gasteiger charge is -2.26. The molecule has 0 aliphatic rings. The van der Waals surface area contributed by atoms with Gasteiger partial charge in [0.2, 0.25) is 5.88 Å². The second kappa shape index (κ2) is 8.96. The van der Waals surface area contributed by atoms with Crippen LogP contribution in [0.5, 0.6) is 11.6 Å². The molecule has 0 unspecified atom stereocenters. The Balaban J connectivity index is 2.12. The monoisotopic (exact) mass is 475 g/mol. The molecule has 1 heterocycles. The smallest absolute Gasteiger partial charge is 0.333 e. The van der Waals surface area contributed by atoms with E-state index in [1.165, 1.54) is 14.1 Å². The van der Waals surface area contributed by atoms with Crippen LogP contribution in [0.2, 0.25) is 0 Å². The van der Waals surface area contributed by atoms with Crippen LogP contribution in [0.25, 0.3) is 0 Å². The second-order valence-electron chi connectivity index (χ2n) is 8.57. The summed E-state index contributed by atoms with van der Waals surface area (Å²) >= 11 is 0. The number of aromatic nitrogens is 2. The molecule has 0 atom stereocenters. The topological polar surface area (TPSA) is 73.5 Å². The molecule has 0 amide bonds. The molecule has 1 aromatic heterocycles. The Kier molecular flexibility index (Phi) is 6.20. The van der Waals surface area contributed by atoms with Gasteiger partial charge in [0, 0.05) is 14.1 Å². The third-order valence-electron chi connectivity index (χ3n) is 6.01. The first kappa shape index (κ1) is 23.5. The predicted molar refractivity (Wildman–Crippen MR) is 139 cm³/mol. The third kappa shape index (κ3) is 3.95. The third-order valence-corrected chi connectivity index (χ3v) is 9.55. The highest BCUT2D eigenvalue weighted by atomic mass is 31.2. The molecule has 0 saturated carbocycles. The maximum absolute atomic E-state index is 13.2. The van der Waals surface area contributed by atoms with Gasteiger partial charge in [0.15, 0.2) is 0 Å². The van der Waals surface area contributed by atoms with Crippen molar-refractivity contribution in [3.8, 4) is 11.6 Å². The fraction of sp³-hybridized carbons (Fsp3) is 0.185. The van der Waals surface area contributed by atoms with Crippen molar-refractivity contribution in [2.75, 3.05) is 0 Å². The molecule has 0 spiro atoms. The van der Waals surface area contributed by atoms with Crippen LogP contribution in [-0.4, -0.2) is 14.2 Å². The van der Waals surface area contributed by atoms with E-state index in [2.05, 4.69) is 0 Å². The van der Waals surface area contributed by atoms with Crippen LogP contribution < -0.4 is 31.7 Å². The van der Waals surface area contributed by atoms with E-state index in [1.807, 2.05) is 93.6 Å². The number of aryl methyl sites for hydroxylation is 3. The van der Waals surface area contributed by atoms with Crippen LogP contribution in [-0.2, 0) is 14.1 Å². The number of aromatic hydroxyl groups is 1. The molecule has 4 rings (SSSR count). The first-order chi connectivity index (χ1) is 16.1. The lowest BCUT2D eigenvalue weighted by Crippen LogP contribution is -2.40. The highest BCUT2D eigenvalue weighted by Gasteiger charge is 2.51. The van der Waals surface area contributed by atoms with E-state index in [0.29, 0.717) is 0 Å². The zero-order valence-corrected chi connectivity index (χ0v) is 20.8. The molecule has 174 valence electrons. The Hall–Kier alpha value is -3.63. The standard InChI is InChI=1S/C27H27N2O4P/c1-18-6-12-21(13-7-18)34(22-14-8-19(2)9-15-22,23-16-10-20(3)11-17-23)33-24-25(30)28(4)27(32)29(5)26(24)31/h6-17H,1-5H3/p+1. The van der Waals surface area contributed by atoms with Crippen LogP contribution in [0, 0.1) is 20.8 Å². The van der Waals surface area contributed by atoms with E-state index in [4.69, 9.17) is 4.52 Å². The Morgan fingerprint density at radius 2 is 1.00 bits per heavy atom. The summed E-state index contributed by atoms with van der Waals surface area (Å²) in [5.41, 5.74) is 1.97. The van der Waals surface area contributed by atoms with Crippen molar-refractivity contribution in [1.82, 2.24) is 9.13 Å². The van der Waals surface area contributed by atoms with E-state index in [1.54, 1.807) is 0 Å². The maximum Gasteiger partial charge on any atom is 0.333 e. The Labute approximate surface area is 199 Å². The van der Waals surface area contributed by atoms with Crippen LogP contribution >= 0.6 is 7.49 Å². The van der Waals surface area contributed by atoms with Gasteiger partial charge in [-0.3, -0.25) is 13.9 Å². The van der Waals surface area contributed by atoms with Crippen LogP contribution in [0.1, 0.15) is 16.7 Å². The molecule has 3 aromatic carbocycles. The summed E-state index contributed by atoms with van der Waals surface area (Å²) in [6.45, 7) is 6.03. The largest absolute Gasteiger partial charge is 0.491 e. The molecule has 6 nitrogen and oxygen atoms in total. The molecule has 0 aliphatic heterocycles. The minimum Gasteiger partial charge on any atom is -0.491 e. The van der Waals surface area contributed by atoms with Gasteiger partial charge in [-0.1, -0.05) is 53.1 Å². The molecule has 0 fully saturated rings. The highest BCUT2D eigenvalue weighted by Crippen LogP contribution is 2.56. The number of benzene rings is 3. The van der Waals surface area contributed by atoms with Crippen molar-refractivity contribution in [2.24, 2.45) is 14.1 Å². The summed E-state index contributed by atoms with van der Waals surface area (Å²) in [6.07, 6.45) is 0. The van der Waals surface area contributed by atoms with Crippen molar-refractivity contribution in [3.63, 3.8) is 0 Å². The number of rotatable bonds is 5. The zero-order valence-electron chi connectivity index (χ0n) is 19.9. The Morgan fingerprint density at radius 1 is 0.647 bits per heavy atom. The van der Waals surface area contributed by atoms with Gasteiger partial charge in [0.25, 0.3) is 13.2 Å². The molecule has 7 heteroatoms. The van der Waals surface area contributed by atoms with Crippen molar-refractivity contribution in [2.45, 2.75) is 20.8 Å². The first-order valence-corrected chi connectivity index (χ1v) is 12.6. The Bertz CT molecular complexity index is 1340. The highest BCUT2D eigenvalue weighted by molar-refractivity contribution is 7.92. The van der Waals surface area contributed by atoms with Crippen molar-refractivity contribution in [1.29, 1.82) is 0 Å². The van der Waals surface area contributed by atoms with Gasteiger partial charge in [-0.15, -0.1) is 0 Å². The lowest BCUT2D eigenvalue weighted by molar-refractivity contribution is 0.384. The predicted octanol–water partition coefficient (Wildman–Crippen LogP) is 3.00. The van der Waals surface area contributed by atoms with Gasteiger partial charge in [-0.05, 0) is 57.2 Å². The molecule has 1 N–H and O–H groups in total. The minimum atomic E-state index is -2.93. The average Bonchev–Trinajstić information content (AvgIpc) is 2.84. The molecule has 34 heavy (non-hydrogen) atoms. The molecular weight excluding hydrogens is 447 g/mol. The summed E-state index contributed by atoms with van der Waals surface area (Å²) in [6, 6.07) is 24.1. The van der Waals surface area contributed by atoms with Crippen LogP contribution in [0.15, 0.2) is 82.4 Å². The van der Waals surface area contributed by atoms with E-state index in [-0.39, 0.29) is 5.75 Å². The van der Waals surface area contributed by atoms with Gasteiger partial charge in [0.05, 0.1) is 0 Å². The summed E-state index contributed by atoms with van der Waals surface area (Å²) < 4.78 is 8.69. The van der Waals surface area contributed by atoms with Crippen LogP contribution in [0.3, 0.4) is 0 Å². The van der Waals surface area contributed by atoms with E-state index in [9.17, 15) is 14.7 Å². The molecule has 0 radical (unpaired) electrons. The van der Waals surface area contributed by atoms with Gasteiger partial charge in [-0.2, -0.15) is 0 Å². The Morgan fingerprint density at radius 3 is 1.35 bits per heavy atom. The molecule has 0 aliphatic carbocycles. The van der Waals surface area contributed by atoms with E-state index < -0.39 is 24.6 Å². The fourth-order valence-corrected chi connectivity index (χ4v) is 7.24. The van der Waals surface area contributed by atoms with Crippen molar-refractivity contribution < 1.29 is 9.63 Å². The fourth-order valence-electron chi connectivity index (χ4n) is 3.89. The lowest BCUT2D eigenvalue weighted by atomic mass is 10.2. The van der Waals surface area contributed by atoms with Crippen molar-refractivity contribution in [3.05, 3.63) is 110 Å². The quantitative estimate of drug-likeness (QED) is 0.451. The molecular formula is C27H28N2O4P+. The molecule has 0 bridgehead atoms. The SMILES string of the molecule is Cc1ccc([P+](Oc2c(O)n(C)c(=O)n(C)c2=O)(c2ccc(C)cc2)c2ccc(C)cc2)cc1. The average molecular weight is 476 g/mol. The summed E-state index contributed by atoms with van der Waals surface area (Å²) in [4.78, 5) is 25.5. The van der Waals surface area contributed by atoms with Crippen molar-refractivity contribution >= 4 is 23.4 Å². The first-order valence-electron chi connectivity index (χ1n) is 10.9. The van der Waals surface area contributed by atoms with Gasteiger partial charge < -0.3 is 9.63 Å². The second-order valence-corrected chi connectivity index (χ2v) is 11.5. The van der Waals surface area contributed by atoms with Gasteiger partial charge in [-0.25, -0.2) is 4.79 Å². The minimum absolute atomic E-state index is 0.250. The maximum atomic E-state index is 13.2. The molecule has 4 aromatic rings. The van der Waals surface area contributed by atoms with Crippen LogP contribution in [0.4, 0.5) is 0 Å². The van der Waals surface area contributed by atoms with Gasteiger partial charge in [0.1, 0.15) is 15.9 Å². The van der Waals surface area contributed by atoms with Gasteiger partial charge >= 0.3 is 11.2 Å². The number of nitrogens with zero attached hydrogens (tertiary/aromatic N) is 2. The summed E-state index contributed by atoms with van der Waals surface area (Å²) in [5.74, 6) is -0.747. The number of hydrogen-bond acceptors (Lipinski definition) is 4. The molecule has 0 saturated heterocycles. The zero-order chi connectivity index (χ0) is 24.6. The summed E-state index contributed by atoms with van der Waals surface area (Å²) in [5, 5.41) is 13.5. The van der Waals surface area contributed by atoms with E-state index in [0.717, 1.165) is 41.7 Å². The summed E-state index contributed by atoms with van der Waals surface area (Å²) in [7, 11) is -0.146. The normalized spacial score (nSPS) is 11.4. The number of hydrogen-bond donors (Lipinski definition) is 1.